The molecule has 0 bridgehead atoms. The fourth-order valence-electron chi connectivity index (χ4n) is 1.83. The van der Waals surface area contributed by atoms with Crippen LogP contribution >= 0.6 is 0 Å². The molecule has 1 aromatic carbocycles. The van der Waals surface area contributed by atoms with Gasteiger partial charge < -0.3 is 4.74 Å². The standard InChI is InChI=1S/C15H19F3O2/c1-10(2)8-12-4-6-13(7-5-12)11(3)14(19)20-9-15(16,17)18/h4-7,10-11H,8-9H2,1-3H3/t11-/m1/s1. The highest BCUT2D eigenvalue weighted by Gasteiger charge is 2.30. The first kappa shape index (κ1) is 16.5. The minimum atomic E-state index is -4.49. The average Bonchev–Trinajstić information content (AvgIpc) is 2.34. The number of halogens is 3. The molecule has 0 spiro atoms. The van der Waals surface area contributed by atoms with Crippen molar-refractivity contribution in [2.24, 2.45) is 5.92 Å². The Morgan fingerprint density at radius 2 is 1.70 bits per heavy atom. The van der Waals surface area contributed by atoms with Gasteiger partial charge in [0.15, 0.2) is 6.61 Å². The van der Waals surface area contributed by atoms with Gasteiger partial charge in [-0.05, 0) is 30.4 Å². The zero-order valence-electron chi connectivity index (χ0n) is 11.8. The Labute approximate surface area is 116 Å². The zero-order valence-corrected chi connectivity index (χ0v) is 11.8. The number of carbonyl (C=O) groups is 1. The monoisotopic (exact) mass is 288 g/mol. The molecule has 0 aliphatic heterocycles. The van der Waals surface area contributed by atoms with E-state index in [1.54, 1.807) is 12.1 Å². The summed E-state index contributed by atoms with van der Waals surface area (Å²) in [5.41, 5.74) is 1.80. The van der Waals surface area contributed by atoms with Crippen LogP contribution < -0.4 is 0 Å². The van der Waals surface area contributed by atoms with Crippen molar-refractivity contribution in [1.29, 1.82) is 0 Å². The molecular formula is C15H19F3O2. The molecule has 2 nitrogen and oxygen atoms in total. The highest BCUT2D eigenvalue weighted by Crippen LogP contribution is 2.21. The zero-order chi connectivity index (χ0) is 15.3. The summed E-state index contributed by atoms with van der Waals surface area (Å²) >= 11 is 0. The number of carbonyl (C=O) groups excluding carboxylic acids is 1. The lowest BCUT2D eigenvalue weighted by molar-refractivity contribution is -0.187. The van der Waals surface area contributed by atoms with Gasteiger partial charge >= 0.3 is 12.1 Å². The number of esters is 1. The number of hydrogen-bond donors (Lipinski definition) is 0. The first-order valence-corrected chi connectivity index (χ1v) is 6.51. The van der Waals surface area contributed by atoms with Crippen LogP contribution in [0.1, 0.15) is 37.8 Å². The van der Waals surface area contributed by atoms with Crippen molar-refractivity contribution in [2.75, 3.05) is 6.61 Å². The van der Waals surface area contributed by atoms with Gasteiger partial charge in [0.05, 0.1) is 5.92 Å². The van der Waals surface area contributed by atoms with Gasteiger partial charge in [-0.15, -0.1) is 0 Å². The lowest BCUT2D eigenvalue weighted by Gasteiger charge is -2.14. The summed E-state index contributed by atoms with van der Waals surface area (Å²) in [6, 6.07) is 7.31. The van der Waals surface area contributed by atoms with Crippen LogP contribution in [0, 0.1) is 5.92 Å². The SMILES string of the molecule is CC(C)Cc1ccc([C@@H](C)C(=O)OCC(F)(F)F)cc1. The van der Waals surface area contributed by atoms with Gasteiger partial charge in [0, 0.05) is 0 Å². The molecule has 5 heteroatoms. The number of benzene rings is 1. The first-order valence-electron chi connectivity index (χ1n) is 6.51. The maximum Gasteiger partial charge on any atom is 0.422 e. The predicted molar refractivity (Wildman–Crippen MR) is 70.4 cm³/mol. The minimum absolute atomic E-state index is 0.523. The number of rotatable bonds is 5. The molecule has 1 atom stereocenters. The van der Waals surface area contributed by atoms with Crippen LogP contribution in [0.4, 0.5) is 13.2 Å². The van der Waals surface area contributed by atoms with Crippen molar-refractivity contribution in [3.05, 3.63) is 35.4 Å². The molecule has 0 unspecified atom stereocenters. The first-order chi connectivity index (χ1) is 9.19. The molecule has 0 heterocycles. The van der Waals surface area contributed by atoms with Crippen molar-refractivity contribution in [3.63, 3.8) is 0 Å². The van der Waals surface area contributed by atoms with Gasteiger partial charge in [-0.25, -0.2) is 0 Å². The van der Waals surface area contributed by atoms with Crippen LogP contribution in [0.25, 0.3) is 0 Å². The number of hydrogen-bond acceptors (Lipinski definition) is 2. The third kappa shape index (κ3) is 5.63. The van der Waals surface area contributed by atoms with E-state index in [9.17, 15) is 18.0 Å². The molecule has 1 aromatic rings. The van der Waals surface area contributed by atoms with Crippen molar-refractivity contribution in [3.8, 4) is 0 Å². The van der Waals surface area contributed by atoms with E-state index in [1.807, 2.05) is 12.1 Å². The maximum atomic E-state index is 12.0. The van der Waals surface area contributed by atoms with Crippen LogP contribution in [-0.2, 0) is 16.0 Å². The van der Waals surface area contributed by atoms with Crippen molar-refractivity contribution >= 4 is 5.97 Å². The Hall–Kier alpha value is -1.52. The van der Waals surface area contributed by atoms with Crippen molar-refractivity contribution in [2.45, 2.75) is 39.3 Å². The third-order valence-electron chi connectivity index (χ3n) is 2.86. The Balaban J connectivity index is 2.62. The molecule has 112 valence electrons. The summed E-state index contributed by atoms with van der Waals surface area (Å²) in [7, 11) is 0. The fourth-order valence-corrected chi connectivity index (χ4v) is 1.83. The Morgan fingerprint density at radius 1 is 1.15 bits per heavy atom. The molecule has 0 radical (unpaired) electrons. The second-order valence-corrected chi connectivity index (χ2v) is 5.28. The second kappa shape index (κ2) is 6.77. The molecule has 0 saturated heterocycles. The summed E-state index contributed by atoms with van der Waals surface area (Å²) < 4.78 is 40.2. The van der Waals surface area contributed by atoms with Crippen LogP contribution in [0.3, 0.4) is 0 Å². The summed E-state index contributed by atoms with van der Waals surface area (Å²) in [5, 5.41) is 0. The molecule has 0 amide bonds. The van der Waals surface area contributed by atoms with E-state index >= 15 is 0 Å². The van der Waals surface area contributed by atoms with Gasteiger partial charge in [0.1, 0.15) is 0 Å². The van der Waals surface area contributed by atoms with E-state index < -0.39 is 24.7 Å². The molecule has 0 aliphatic carbocycles. The van der Waals surface area contributed by atoms with Gasteiger partial charge in [-0.1, -0.05) is 38.1 Å². The molecule has 0 fully saturated rings. The van der Waals surface area contributed by atoms with Crippen molar-refractivity contribution in [1.82, 2.24) is 0 Å². The molecule has 20 heavy (non-hydrogen) atoms. The van der Waals surface area contributed by atoms with E-state index in [4.69, 9.17) is 0 Å². The molecular weight excluding hydrogens is 269 g/mol. The molecule has 0 aliphatic rings. The van der Waals surface area contributed by atoms with E-state index in [0.29, 0.717) is 11.5 Å². The Kier molecular flexibility index (Phi) is 5.60. The van der Waals surface area contributed by atoms with Gasteiger partial charge in [-0.3, -0.25) is 4.79 Å². The fraction of sp³-hybridized carbons (Fsp3) is 0.533. The van der Waals surface area contributed by atoms with Crippen LogP contribution in [-0.4, -0.2) is 18.8 Å². The quantitative estimate of drug-likeness (QED) is 0.763. The predicted octanol–water partition coefficient (Wildman–Crippen LogP) is 4.09. The normalized spacial score (nSPS) is 13.3. The van der Waals surface area contributed by atoms with E-state index in [0.717, 1.165) is 12.0 Å². The maximum absolute atomic E-state index is 12.0. The van der Waals surface area contributed by atoms with E-state index in [-0.39, 0.29) is 0 Å². The topological polar surface area (TPSA) is 26.3 Å². The summed E-state index contributed by atoms with van der Waals surface area (Å²) in [4.78, 5) is 11.5. The summed E-state index contributed by atoms with van der Waals surface area (Å²) in [5.74, 6) is -1.04. The Bertz CT molecular complexity index is 435. The largest absolute Gasteiger partial charge is 0.456 e. The van der Waals surface area contributed by atoms with E-state index in [1.165, 1.54) is 6.92 Å². The summed E-state index contributed by atoms with van der Waals surface area (Å²) in [6.45, 7) is 4.20. The lowest BCUT2D eigenvalue weighted by Crippen LogP contribution is -2.23. The molecule has 0 N–H and O–H groups in total. The van der Waals surface area contributed by atoms with Crippen LogP contribution in [0.2, 0.25) is 0 Å². The lowest BCUT2D eigenvalue weighted by atomic mass is 9.97. The average molecular weight is 288 g/mol. The number of alkyl halides is 3. The minimum Gasteiger partial charge on any atom is -0.456 e. The molecule has 1 rings (SSSR count). The molecule has 0 saturated carbocycles. The van der Waals surface area contributed by atoms with Gasteiger partial charge in [-0.2, -0.15) is 13.2 Å². The van der Waals surface area contributed by atoms with Crippen molar-refractivity contribution < 1.29 is 22.7 Å². The van der Waals surface area contributed by atoms with Gasteiger partial charge in [0.2, 0.25) is 0 Å². The van der Waals surface area contributed by atoms with Crippen LogP contribution in [0.5, 0.6) is 0 Å². The third-order valence-corrected chi connectivity index (χ3v) is 2.86. The Morgan fingerprint density at radius 3 is 2.15 bits per heavy atom. The van der Waals surface area contributed by atoms with E-state index in [2.05, 4.69) is 18.6 Å². The number of ether oxygens (including phenoxy) is 1. The summed E-state index contributed by atoms with van der Waals surface area (Å²) in [6.07, 6.45) is -3.57. The second-order valence-electron chi connectivity index (χ2n) is 5.28. The van der Waals surface area contributed by atoms with Crippen LogP contribution in [0.15, 0.2) is 24.3 Å². The smallest absolute Gasteiger partial charge is 0.422 e. The molecule has 0 aromatic heterocycles. The highest BCUT2D eigenvalue weighted by molar-refractivity contribution is 5.77. The highest BCUT2D eigenvalue weighted by atomic mass is 19.4. The van der Waals surface area contributed by atoms with Gasteiger partial charge in [0.25, 0.3) is 0 Å².